The van der Waals surface area contributed by atoms with Crippen molar-refractivity contribution in [1.82, 2.24) is 0 Å². The van der Waals surface area contributed by atoms with Crippen LogP contribution in [0.2, 0.25) is 0 Å². The SMILES string of the molecule is NC(=O)OC[C@@H](CCc1ccccc1)[C@@H]1C=CCO1. The van der Waals surface area contributed by atoms with E-state index in [1.54, 1.807) is 0 Å². The highest BCUT2D eigenvalue weighted by Gasteiger charge is 2.23. The summed E-state index contributed by atoms with van der Waals surface area (Å²) in [4.78, 5) is 10.7. The van der Waals surface area contributed by atoms with Gasteiger partial charge in [-0.2, -0.15) is 0 Å². The molecule has 1 aromatic rings. The molecule has 102 valence electrons. The number of aryl methyl sites for hydroxylation is 1. The number of primary amides is 1. The number of rotatable bonds is 6. The van der Waals surface area contributed by atoms with E-state index in [0.717, 1.165) is 12.8 Å². The summed E-state index contributed by atoms with van der Waals surface area (Å²) in [6, 6.07) is 10.2. The number of carbonyl (C=O) groups is 1. The summed E-state index contributed by atoms with van der Waals surface area (Å²) in [5.74, 6) is 0.145. The van der Waals surface area contributed by atoms with Crippen molar-refractivity contribution < 1.29 is 14.3 Å². The van der Waals surface area contributed by atoms with Gasteiger partial charge < -0.3 is 15.2 Å². The normalized spacial score (nSPS) is 19.3. The van der Waals surface area contributed by atoms with Gasteiger partial charge in [0.05, 0.1) is 19.3 Å². The maximum absolute atomic E-state index is 10.7. The predicted molar refractivity (Wildman–Crippen MR) is 72.7 cm³/mol. The summed E-state index contributed by atoms with van der Waals surface area (Å²) in [7, 11) is 0. The molecule has 0 aliphatic carbocycles. The molecule has 2 atom stereocenters. The Morgan fingerprint density at radius 1 is 1.42 bits per heavy atom. The fourth-order valence-corrected chi connectivity index (χ4v) is 2.23. The molecule has 0 unspecified atom stereocenters. The molecule has 0 aromatic heterocycles. The van der Waals surface area contributed by atoms with E-state index in [1.165, 1.54) is 5.56 Å². The highest BCUT2D eigenvalue weighted by atomic mass is 16.5. The number of hydrogen-bond donors (Lipinski definition) is 1. The Hall–Kier alpha value is -1.81. The zero-order chi connectivity index (χ0) is 13.5. The quantitative estimate of drug-likeness (QED) is 0.799. The Labute approximate surface area is 113 Å². The summed E-state index contributed by atoms with van der Waals surface area (Å²) in [6.07, 6.45) is 5.13. The molecule has 1 amide bonds. The van der Waals surface area contributed by atoms with E-state index in [4.69, 9.17) is 15.2 Å². The van der Waals surface area contributed by atoms with Gasteiger partial charge in [0.15, 0.2) is 0 Å². The third-order valence-corrected chi connectivity index (χ3v) is 3.26. The molecule has 1 aliphatic heterocycles. The molecule has 4 heteroatoms. The molecule has 0 spiro atoms. The lowest BCUT2D eigenvalue weighted by atomic mass is 9.95. The smallest absolute Gasteiger partial charge is 0.404 e. The molecule has 0 radical (unpaired) electrons. The Morgan fingerprint density at radius 2 is 2.21 bits per heavy atom. The van der Waals surface area contributed by atoms with Crippen LogP contribution < -0.4 is 5.73 Å². The van der Waals surface area contributed by atoms with E-state index in [2.05, 4.69) is 12.1 Å². The monoisotopic (exact) mass is 261 g/mol. The van der Waals surface area contributed by atoms with Crippen LogP contribution in [-0.2, 0) is 15.9 Å². The summed E-state index contributed by atoms with van der Waals surface area (Å²) >= 11 is 0. The Kier molecular flexibility index (Phi) is 4.98. The predicted octanol–water partition coefficient (Wildman–Crippen LogP) is 2.29. The van der Waals surface area contributed by atoms with Gasteiger partial charge in [0.2, 0.25) is 0 Å². The molecule has 0 fully saturated rings. The third kappa shape index (κ3) is 4.41. The van der Waals surface area contributed by atoms with Crippen molar-refractivity contribution in [2.24, 2.45) is 11.7 Å². The Morgan fingerprint density at radius 3 is 2.84 bits per heavy atom. The molecule has 2 N–H and O–H groups in total. The van der Waals surface area contributed by atoms with Crippen LogP contribution in [0.1, 0.15) is 12.0 Å². The minimum absolute atomic E-state index is 0.0167. The average molecular weight is 261 g/mol. The molecule has 1 aromatic carbocycles. The van der Waals surface area contributed by atoms with Crippen molar-refractivity contribution in [3.8, 4) is 0 Å². The average Bonchev–Trinajstić information content (AvgIpc) is 2.93. The van der Waals surface area contributed by atoms with Crippen molar-refractivity contribution in [1.29, 1.82) is 0 Å². The van der Waals surface area contributed by atoms with Crippen molar-refractivity contribution in [3.05, 3.63) is 48.0 Å². The minimum Gasteiger partial charge on any atom is -0.449 e. The highest BCUT2D eigenvalue weighted by molar-refractivity contribution is 5.64. The van der Waals surface area contributed by atoms with Gasteiger partial charge in [-0.25, -0.2) is 4.79 Å². The van der Waals surface area contributed by atoms with Gasteiger partial charge in [0, 0.05) is 5.92 Å². The Balaban J connectivity index is 1.89. The lowest BCUT2D eigenvalue weighted by Crippen LogP contribution is -2.27. The van der Waals surface area contributed by atoms with Crippen LogP contribution >= 0.6 is 0 Å². The fourth-order valence-electron chi connectivity index (χ4n) is 2.23. The van der Waals surface area contributed by atoms with Gasteiger partial charge in [0.1, 0.15) is 0 Å². The number of carbonyl (C=O) groups excluding carboxylic acids is 1. The molecule has 4 nitrogen and oxygen atoms in total. The second-order valence-corrected chi connectivity index (χ2v) is 4.64. The van der Waals surface area contributed by atoms with Crippen molar-refractivity contribution in [3.63, 3.8) is 0 Å². The van der Waals surface area contributed by atoms with Crippen molar-refractivity contribution in [2.75, 3.05) is 13.2 Å². The standard InChI is InChI=1S/C15H19NO3/c16-15(17)19-11-13(14-7-4-10-18-14)9-8-12-5-2-1-3-6-12/h1-7,13-14H,8-11H2,(H2,16,17)/t13-,14+/m1/s1. The van der Waals surface area contributed by atoms with Crippen molar-refractivity contribution >= 4 is 6.09 Å². The number of benzene rings is 1. The van der Waals surface area contributed by atoms with Gasteiger partial charge in [-0.05, 0) is 18.4 Å². The van der Waals surface area contributed by atoms with E-state index in [0.29, 0.717) is 13.2 Å². The van der Waals surface area contributed by atoms with Crippen LogP contribution in [0.15, 0.2) is 42.5 Å². The van der Waals surface area contributed by atoms with Gasteiger partial charge in [0.25, 0.3) is 0 Å². The molecule has 19 heavy (non-hydrogen) atoms. The molecule has 0 bridgehead atoms. The topological polar surface area (TPSA) is 61.6 Å². The first-order valence-corrected chi connectivity index (χ1v) is 6.50. The van der Waals surface area contributed by atoms with E-state index in [1.807, 2.05) is 30.4 Å². The summed E-state index contributed by atoms with van der Waals surface area (Å²) in [6.45, 7) is 0.931. The van der Waals surface area contributed by atoms with E-state index >= 15 is 0 Å². The van der Waals surface area contributed by atoms with Crippen LogP contribution in [0.25, 0.3) is 0 Å². The van der Waals surface area contributed by atoms with Crippen LogP contribution in [0.4, 0.5) is 4.79 Å². The first-order chi connectivity index (χ1) is 9.25. The molecule has 1 heterocycles. The molecule has 2 rings (SSSR count). The van der Waals surface area contributed by atoms with Gasteiger partial charge in [-0.1, -0.05) is 42.5 Å². The number of hydrogen-bond acceptors (Lipinski definition) is 3. The number of ether oxygens (including phenoxy) is 2. The van der Waals surface area contributed by atoms with Gasteiger partial charge >= 0.3 is 6.09 Å². The summed E-state index contributed by atoms with van der Waals surface area (Å²) < 4.78 is 10.5. The van der Waals surface area contributed by atoms with E-state index < -0.39 is 6.09 Å². The third-order valence-electron chi connectivity index (χ3n) is 3.26. The van der Waals surface area contributed by atoms with E-state index in [9.17, 15) is 4.79 Å². The molecule has 1 aliphatic rings. The first-order valence-electron chi connectivity index (χ1n) is 6.50. The van der Waals surface area contributed by atoms with Crippen LogP contribution in [0.5, 0.6) is 0 Å². The molecule has 0 saturated heterocycles. The lowest BCUT2D eigenvalue weighted by Gasteiger charge is -2.21. The maximum Gasteiger partial charge on any atom is 0.404 e. The zero-order valence-corrected chi connectivity index (χ0v) is 10.8. The van der Waals surface area contributed by atoms with Gasteiger partial charge in [-0.15, -0.1) is 0 Å². The largest absolute Gasteiger partial charge is 0.449 e. The minimum atomic E-state index is -0.730. The second kappa shape index (κ2) is 6.95. The van der Waals surface area contributed by atoms with Crippen LogP contribution in [0, 0.1) is 5.92 Å². The van der Waals surface area contributed by atoms with Crippen LogP contribution in [0.3, 0.4) is 0 Å². The first kappa shape index (κ1) is 13.6. The molecule has 0 saturated carbocycles. The summed E-state index contributed by atoms with van der Waals surface area (Å²) in [5.41, 5.74) is 6.30. The highest BCUT2D eigenvalue weighted by Crippen LogP contribution is 2.20. The molecular formula is C15H19NO3. The van der Waals surface area contributed by atoms with Crippen LogP contribution in [-0.4, -0.2) is 25.4 Å². The summed E-state index contributed by atoms with van der Waals surface area (Å²) in [5, 5.41) is 0. The second-order valence-electron chi connectivity index (χ2n) is 4.64. The number of nitrogens with two attached hydrogens (primary N) is 1. The molecular weight excluding hydrogens is 242 g/mol. The Bertz CT molecular complexity index is 430. The van der Waals surface area contributed by atoms with E-state index in [-0.39, 0.29) is 12.0 Å². The maximum atomic E-state index is 10.7. The zero-order valence-electron chi connectivity index (χ0n) is 10.8. The number of amides is 1. The van der Waals surface area contributed by atoms with Gasteiger partial charge in [-0.3, -0.25) is 0 Å². The lowest BCUT2D eigenvalue weighted by molar-refractivity contribution is 0.0415. The van der Waals surface area contributed by atoms with Crippen molar-refractivity contribution in [2.45, 2.75) is 18.9 Å². The fraction of sp³-hybridized carbons (Fsp3) is 0.400.